The molecule has 2 amide bonds. The summed E-state index contributed by atoms with van der Waals surface area (Å²) >= 11 is 1.39. The number of benzene rings is 1. The van der Waals surface area contributed by atoms with Crippen LogP contribution in [0, 0.1) is 5.92 Å². The summed E-state index contributed by atoms with van der Waals surface area (Å²) in [7, 11) is 0. The van der Waals surface area contributed by atoms with Gasteiger partial charge in [0.25, 0.3) is 5.91 Å². The van der Waals surface area contributed by atoms with E-state index < -0.39 is 0 Å². The third-order valence-electron chi connectivity index (χ3n) is 4.77. The van der Waals surface area contributed by atoms with Gasteiger partial charge in [-0.3, -0.25) is 14.5 Å². The van der Waals surface area contributed by atoms with E-state index in [-0.39, 0.29) is 18.2 Å². The van der Waals surface area contributed by atoms with Crippen molar-refractivity contribution in [3.8, 4) is 0 Å². The number of nitrogens with zero attached hydrogens (tertiary/aromatic N) is 1. The second-order valence-corrected chi connectivity index (χ2v) is 8.16. The lowest BCUT2D eigenvalue weighted by Crippen LogP contribution is -2.33. The number of piperidine rings is 1. The number of amides is 2. The molecule has 1 aliphatic heterocycles. The first-order valence-electron chi connectivity index (χ1n) is 9.53. The number of carbonyl (C=O) groups is 2. The Morgan fingerprint density at radius 1 is 1.22 bits per heavy atom. The van der Waals surface area contributed by atoms with Crippen LogP contribution in [-0.4, -0.2) is 36.3 Å². The van der Waals surface area contributed by atoms with Gasteiger partial charge in [-0.25, -0.2) is 0 Å². The molecular formula is C21H27N3O2S. The van der Waals surface area contributed by atoms with Crippen LogP contribution in [0.25, 0.3) is 0 Å². The van der Waals surface area contributed by atoms with Crippen molar-refractivity contribution in [2.24, 2.45) is 5.92 Å². The fourth-order valence-corrected chi connectivity index (χ4v) is 4.03. The number of nitrogens with one attached hydrogen (secondary N) is 2. The van der Waals surface area contributed by atoms with Crippen molar-refractivity contribution in [1.82, 2.24) is 10.2 Å². The number of thiophene rings is 1. The molecule has 0 radical (unpaired) electrons. The van der Waals surface area contributed by atoms with Gasteiger partial charge in [0, 0.05) is 31.7 Å². The van der Waals surface area contributed by atoms with Crippen molar-refractivity contribution in [2.75, 3.05) is 25.0 Å². The number of rotatable bonds is 7. The third kappa shape index (κ3) is 6.19. The highest BCUT2D eigenvalue weighted by Gasteiger charge is 2.16. The second kappa shape index (κ2) is 9.67. The van der Waals surface area contributed by atoms with Gasteiger partial charge in [-0.2, -0.15) is 0 Å². The highest BCUT2D eigenvalue weighted by molar-refractivity contribution is 7.12. The standard InChI is InChI=1S/C21H27N3O2S/c1-16-4-2-12-24(14-16)15-17-6-8-18(9-7-17)23-20(25)10-11-22-21(26)19-5-3-13-27-19/h3,5-9,13,16H,2,4,10-12,14-15H2,1H3,(H,22,26)(H,23,25). The quantitative estimate of drug-likeness (QED) is 0.763. The molecule has 1 aromatic heterocycles. The number of carbonyl (C=O) groups excluding carboxylic acids is 2. The van der Waals surface area contributed by atoms with Gasteiger partial charge in [0.15, 0.2) is 0 Å². The van der Waals surface area contributed by atoms with Gasteiger partial charge in [0.2, 0.25) is 5.91 Å². The molecule has 1 fully saturated rings. The van der Waals surface area contributed by atoms with E-state index in [1.807, 2.05) is 23.6 Å². The van der Waals surface area contributed by atoms with E-state index in [1.54, 1.807) is 6.07 Å². The Hall–Kier alpha value is -2.18. The molecule has 0 spiro atoms. The van der Waals surface area contributed by atoms with Crippen LogP contribution in [0.1, 0.15) is 41.4 Å². The van der Waals surface area contributed by atoms with Crippen LogP contribution in [0.15, 0.2) is 41.8 Å². The summed E-state index contributed by atoms with van der Waals surface area (Å²) < 4.78 is 0. The fourth-order valence-electron chi connectivity index (χ4n) is 3.39. The molecule has 2 N–H and O–H groups in total. The van der Waals surface area contributed by atoms with Crippen molar-refractivity contribution in [2.45, 2.75) is 32.7 Å². The van der Waals surface area contributed by atoms with Crippen molar-refractivity contribution in [1.29, 1.82) is 0 Å². The average Bonchev–Trinajstić information content (AvgIpc) is 3.18. The van der Waals surface area contributed by atoms with Crippen LogP contribution >= 0.6 is 11.3 Å². The molecule has 3 rings (SSSR count). The van der Waals surface area contributed by atoms with E-state index in [4.69, 9.17) is 0 Å². The summed E-state index contributed by atoms with van der Waals surface area (Å²) in [6, 6.07) is 11.7. The minimum absolute atomic E-state index is 0.0981. The van der Waals surface area contributed by atoms with E-state index >= 15 is 0 Å². The van der Waals surface area contributed by atoms with Crippen LogP contribution in [0.2, 0.25) is 0 Å². The minimum atomic E-state index is -0.130. The summed E-state index contributed by atoms with van der Waals surface area (Å²) in [6.07, 6.45) is 2.86. The third-order valence-corrected chi connectivity index (χ3v) is 5.64. The van der Waals surface area contributed by atoms with Crippen LogP contribution < -0.4 is 10.6 Å². The van der Waals surface area contributed by atoms with Crippen molar-refractivity contribution >= 4 is 28.8 Å². The van der Waals surface area contributed by atoms with Crippen molar-refractivity contribution in [3.05, 3.63) is 52.2 Å². The molecule has 1 unspecified atom stereocenters. The van der Waals surface area contributed by atoms with Crippen LogP contribution in [0.5, 0.6) is 0 Å². The number of anilines is 1. The first-order valence-corrected chi connectivity index (χ1v) is 10.4. The zero-order valence-corrected chi connectivity index (χ0v) is 16.6. The predicted octanol–water partition coefficient (Wildman–Crippen LogP) is 3.74. The minimum Gasteiger partial charge on any atom is -0.351 e. The topological polar surface area (TPSA) is 61.4 Å². The summed E-state index contributed by atoms with van der Waals surface area (Å²) in [5.41, 5.74) is 2.06. The van der Waals surface area contributed by atoms with E-state index in [0.717, 1.165) is 24.7 Å². The van der Waals surface area contributed by atoms with Gasteiger partial charge in [-0.1, -0.05) is 25.1 Å². The molecule has 144 valence electrons. The molecule has 1 aromatic carbocycles. The molecule has 27 heavy (non-hydrogen) atoms. The average molecular weight is 386 g/mol. The summed E-state index contributed by atoms with van der Waals surface area (Å²) in [5, 5.41) is 7.51. The van der Waals surface area contributed by atoms with Gasteiger partial charge in [0.05, 0.1) is 4.88 Å². The zero-order valence-electron chi connectivity index (χ0n) is 15.7. The van der Waals surface area contributed by atoms with Gasteiger partial charge < -0.3 is 10.6 Å². The lowest BCUT2D eigenvalue weighted by Gasteiger charge is -2.30. The Morgan fingerprint density at radius 2 is 2.04 bits per heavy atom. The van der Waals surface area contributed by atoms with E-state index in [1.165, 1.54) is 36.3 Å². The molecule has 1 saturated heterocycles. The summed E-state index contributed by atoms with van der Waals surface area (Å²) in [5.74, 6) is 0.547. The number of likely N-dealkylation sites (tertiary alicyclic amines) is 1. The fraction of sp³-hybridized carbons (Fsp3) is 0.429. The van der Waals surface area contributed by atoms with Crippen LogP contribution in [0.3, 0.4) is 0 Å². The Morgan fingerprint density at radius 3 is 2.74 bits per heavy atom. The molecule has 1 aliphatic rings. The van der Waals surface area contributed by atoms with Gasteiger partial charge >= 0.3 is 0 Å². The Bertz CT molecular complexity index is 743. The summed E-state index contributed by atoms with van der Waals surface area (Å²) in [4.78, 5) is 27.0. The first-order chi connectivity index (χ1) is 13.1. The highest BCUT2D eigenvalue weighted by Crippen LogP contribution is 2.19. The van der Waals surface area contributed by atoms with E-state index in [9.17, 15) is 9.59 Å². The molecule has 6 heteroatoms. The Labute approximate surface area is 164 Å². The monoisotopic (exact) mass is 385 g/mol. The van der Waals surface area contributed by atoms with Gasteiger partial charge in [-0.05, 0) is 54.4 Å². The second-order valence-electron chi connectivity index (χ2n) is 7.21. The highest BCUT2D eigenvalue weighted by atomic mass is 32.1. The molecule has 0 bridgehead atoms. The molecule has 0 aliphatic carbocycles. The van der Waals surface area contributed by atoms with Crippen LogP contribution in [0.4, 0.5) is 5.69 Å². The number of hydrogen-bond donors (Lipinski definition) is 2. The smallest absolute Gasteiger partial charge is 0.261 e. The van der Waals surface area contributed by atoms with Gasteiger partial charge in [0.1, 0.15) is 0 Å². The zero-order chi connectivity index (χ0) is 19.1. The molecule has 2 heterocycles. The molecular weight excluding hydrogens is 358 g/mol. The molecule has 1 atom stereocenters. The lowest BCUT2D eigenvalue weighted by atomic mass is 10.00. The Kier molecular flexibility index (Phi) is 7.01. The number of hydrogen-bond acceptors (Lipinski definition) is 4. The Balaban J connectivity index is 1.39. The maximum absolute atomic E-state index is 12.1. The first kappa shape index (κ1) is 19.6. The molecule has 2 aromatic rings. The molecule has 0 saturated carbocycles. The van der Waals surface area contributed by atoms with Crippen molar-refractivity contribution in [3.63, 3.8) is 0 Å². The van der Waals surface area contributed by atoms with Crippen molar-refractivity contribution < 1.29 is 9.59 Å². The van der Waals surface area contributed by atoms with Gasteiger partial charge in [-0.15, -0.1) is 11.3 Å². The molecule has 5 nitrogen and oxygen atoms in total. The lowest BCUT2D eigenvalue weighted by molar-refractivity contribution is -0.116. The largest absolute Gasteiger partial charge is 0.351 e. The van der Waals surface area contributed by atoms with Crippen LogP contribution in [-0.2, 0) is 11.3 Å². The van der Waals surface area contributed by atoms with E-state index in [2.05, 4.69) is 34.6 Å². The maximum Gasteiger partial charge on any atom is 0.261 e. The predicted molar refractivity (Wildman–Crippen MR) is 110 cm³/mol. The maximum atomic E-state index is 12.1. The normalized spacial score (nSPS) is 17.4. The van der Waals surface area contributed by atoms with E-state index in [0.29, 0.717) is 11.4 Å². The summed E-state index contributed by atoms with van der Waals surface area (Å²) in [6.45, 7) is 5.93. The SMILES string of the molecule is CC1CCCN(Cc2ccc(NC(=O)CCNC(=O)c3cccs3)cc2)C1.